The zero-order chi connectivity index (χ0) is 16.2. The number of hydrogen-bond donors (Lipinski definition) is 2. The van der Waals surface area contributed by atoms with E-state index >= 15 is 0 Å². The van der Waals surface area contributed by atoms with Crippen LogP contribution in [0.2, 0.25) is 0 Å². The number of nitro groups is 1. The van der Waals surface area contributed by atoms with Crippen LogP contribution < -0.4 is 10.3 Å². The Labute approximate surface area is 128 Å². The normalized spacial score (nSPS) is 16.2. The van der Waals surface area contributed by atoms with Gasteiger partial charge in [0.2, 0.25) is 5.91 Å². The highest BCUT2D eigenvalue weighted by Crippen LogP contribution is 2.23. The molecule has 0 unspecified atom stereocenters. The summed E-state index contributed by atoms with van der Waals surface area (Å²) < 4.78 is 24.1. The molecule has 1 aliphatic rings. The van der Waals surface area contributed by atoms with Crippen LogP contribution >= 0.6 is 0 Å². The molecular weight excluding hydrogens is 310 g/mol. The molecule has 1 aliphatic carbocycles. The Morgan fingerprint density at radius 1 is 1.23 bits per heavy atom. The molecule has 1 saturated carbocycles. The lowest BCUT2D eigenvalue weighted by atomic mass is 9.89. The van der Waals surface area contributed by atoms with Gasteiger partial charge in [0, 0.05) is 18.1 Å². The van der Waals surface area contributed by atoms with Crippen molar-refractivity contribution < 1.29 is 18.1 Å². The van der Waals surface area contributed by atoms with Gasteiger partial charge in [-0.2, -0.15) is 0 Å². The molecule has 1 amide bonds. The largest absolute Gasteiger partial charge is 0.277 e. The van der Waals surface area contributed by atoms with Crippen LogP contribution in [0.3, 0.4) is 0 Å². The summed E-state index contributed by atoms with van der Waals surface area (Å²) in [5, 5.41) is 10.7. The molecule has 2 N–H and O–H groups in total. The van der Waals surface area contributed by atoms with Crippen molar-refractivity contribution in [1.29, 1.82) is 0 Å². The summed E-state index contributed by atoms with van der Waals surface area (Å²) >= 11 is 0. The minimum absolute atomic E-state index is 0.193. The van der Waals surface area contributed by atoms with Crippen LogP contribution in [0.15, 0.2) is 29.2 Å². The Morgan fingerprint density at radius 2 is 1.91 bits per heavy atom. The first-order chi connectivity index (χ1) is 10.4. The van der Waals surface area contributed by atoms with Crippen LogP contribution in [0.25, 0.3) is 0 Å². The number of non-ortho nitro benzene ring substituents is 1. The lowest BCUT2D eigenvalue weighted by Gasteiger charge is -2.20. The summed E-state index contributed by atoms with van der Waals surface area (Å²) in [6.45, 7) is 0. The third-order valence-electron chi connectivity index (χ3n) is 3.62. The number of carbonyl (C=O) groups excluding carboxylic acids is 1. The van der Waals surface area contributed by atoms with E-state index in [4.69, 9.17) is 0 Å². The third kappa shape index (κ3) is 4.01. The van der Waals surface area contributed by atoms with E-state index in [0.29, 0.717) is 0 Å². The number of sulfonamides is 1. The van der Waals surface area contributed by atoms with Crippen molar-refractivity contribution in [2.45, 2.75) is 37.0 Å². The van der Waals surface area contributed by atoms with Crippen molar-refractivity contribution in [3.8, 4) is 0 Å². The van der Waals surface area contributed by atoms with E-state index in [1.807, 2.05) is 4.83 Å². The van der Waals surface area contributed by atoms with Crippen LogP contribution in [-0.2, 0) is 14.8 Å². The molecule has 0 aromatic heterocycles. The summed E-state index contributed by atoms with van der Waals surface area (Å²) in [6, 6.07) is 4.63. The van der Waals surface area contributed by atoms with E-state index < -0.39 is 14.9 Å². The van der Waals surface area contributed by atoms with Gasteiger partial charge in [-0.15, -0.1) is 4.83 Å². The first-order valence-corrected chi connectivity index (χ1v) is 8.44. The molecule has 22 heavy (non-hydrogen) atoms. The molecule has 0 saturated heterocycles. The zero-order valence-corrected chi connectivity index (χ0v) is 12.6. The highest BCUT2D eigenvalue weighted by atomic mass is 32.2. The molecule has 0 bridgehead atoms. The van der Waals surface area contributed by atoms with Crippen molar-refractivity contribution >= 4 is 21.6 Å². The number of nitrogens with one attached hydrogen (secondary N) is 2. The standard InChI is InChI=1S/C13H17N3O5S/c17-13(10-5-2-1-3-6-10)14-15-22(20,21)12-8-4-7-11(9-12)16(18)19/h4,7-10,15H,1-3,5-6H2,(H,14,17). The van der Waals surface area contributed by atoms with Crippen LogP contribution in [0.5, 0.6) is 0 Å². The molecule has 1 aromatic carbocycles. The average Bonchev–Trinajstić information content (AvgIpc) is 2.53. The third-order valence-corrected chi connectivity index (χ3v) is 4.87. The van der Waals surface area contributed by atoms with E-state index in [2.05, 4.69) is 5.43 Å². The number of carbonyl (C=O) groups is 1. The molecule has 0 heterocycles. The summed E-state index contributed by atoms with van der Waals surface area (Å²) in [7, 11) is -4.04. The number of amides is 1. The Hall–Kier alpha value is -2.00. The number of hydrogen-bond acceptors (Lipinski definition) is 5. The summed E-state index contributed by atoms with van der Waals surface area (Å²) in [5.41, 5.74) is 1.86. The van der Waals surface area contributed by atoms with Crippen LogP contribution in [-0.4, -0.2) is 19.2 Å². The molecule has 120 valence electrons. The van der Waals surface area contributed by atoms with Crippen molar-refractivity contribution in [2.24, 2.45) is 5.92 Å². The van der Waals surface area contributed by atoms with Crippen molar-refractivity contribution in [1.82, 2.24) is 10.3 Å². The second-order valence-electron chi connectivity index (χ2n) is 5.18. The quantitative estimate of drug-likeness (QED) is 0.627. The van der Waals surface area contributed by atoms with Gasteiger partial charge in [-0.05, 0) is 18.9 Å². The number of nitro benzene ring substituents is 1. The van der Waals surface area contributed by atoms with E-state index in [-0.39, 0.29) is 22.4 Å². The fourth-order valence-electron chi connectivity index (χ4n) is 2.41. The maximum atomic E-state index is 12.0. The van der Waals surface area contributed by atoms with Crippen molar-refractivity contribution in [2.75, 3.05) is 0 Å². The van der Waals surface area contributed by atoms with Gasteiger partial charge in [0.15, 0.2) is 0 Å². The number of rotatable bonds is 5. The van der Waals surface area contributed by atoms with Crippen LogP contribution in [0.4, 0.5) is 5.69 Å². The molecule has 1 fully saturated rings. The molecule has 0 aliphatic heterocycles. The highest BCUT2D eigenvalue weighted by Gasteiger charge is 2.23. The lowest BCUT2D eigenvalue weighted by molar-refractivity contribution is -0.385. The molecule has 2 rings (SSSR count). The highest BCUT2D eigenvalue weighted by molar-refractivity contribution is 7.89. The van der Waals surface area contributed by atoms with Crippen molar-refractivity contribution in [3.63, 3.8) is 0 Å². The average molecular weight is 327 g/mol. The second kappa shape index (κ2) is 6.84. The fourth-order valence-corrected chi connectivity index (χ4v) is 3.29. The van der Waals surface area contributed by atoms with Gasteiger partial charge in [0.25, 0.3) is 15.7 Å². The summed E-state index contributed by atoms with van der Waals surface area (Å²) in [5.74, 6) is -0.560. The van der Waals surface area contributed by atoms with E-state index in [9.17, 15) is 23.3 Å². The van der Waals surface area contributed by atoms with Gasteiger partial charge >= 0.3 is 0 Å². The van der Waals surface area contributed by atoms with Crippen molar-refractivity contribution in [3.05, 3.63) is 34.4 Å². The topological polar surface area (TPSA) is 118 Å². The Kier molecular flexibility index (Phi) is 5.09. The summed E-state index contributed by atoms with van der Waals surface area (Å²) in [4.78, 5) is 23.6. The lowest BCUT2D eigenvalue weighted by Crippen LogP contribution is -2.44. The van der Waals surface area contributed by atoms with Crippen LogP contribution in [0.1, 0.15) is 32.1 Å². The van der Waals surface area contributed by atoms with Gasteiger partial charge in [0.05, 0.1) is 9.82 Å². The maximum Gasteiger partial charge on any atom is 0.270 e. The molecule has 8 nitrogen and oxygen atoms in total. The maximum absolute atomic E-state index is 12.0. The molecule has 9 heteroatoms. The smallest absolute Gasteiger partial charge is 0.270 e. The predicted octanol–water partition coefficient (Wildman–Crippen LogP) is 1.48. The first-order valence-electron chi connectivity index (χ1n) is 6.96. The number of nitrogens with zero attached hydrogens (tertiary/aromatic N) is 1. The second-order valence-corrected chi connectivity index (χ2v) is 6.87. The minimum Gasteiger partial charge on any atom is -0.277 e. The molecule has 0 radical (unpaired) electrons. The van der Waals surface area contributed by atoms with Gasteiger partial charge in [0.1, 0.15) is 0 Å². The van der Waals surface area contributed by atoms with Gasteiger partial charge in [-0.3, -0.25) is 20.3 Å². The van der Waals surface area contributed by atoms with Gasteiger partial charge < -0.3 is 0 Å². The van der Waals surface area contributed by atoms with Crippen LogP contribution in [0, 0.1) is 16.0 Å². The first kappa shape index (κ1) is 16.4. The van der Waals surface area contributed by atoms with E-state index in [1.54, 1.807) is 0 Å². The molecular formula is C13H17N3O5S. The minimum atomic E-state index is -4.04. The number of hydrazine groups is 1. The predicted molar refractivity (Wildman–Crippen MR) is 78.1 cm³/mol. The molecule has 0 atom stereocenters. The SMILES string of the molecule is O=C(NNS(=O)(=O)c1cccc([N+](=O)[O-])c1)C1CCCCC1. The Balaban J connectivity index is 2.03. The molecule has 1 aromatic rings. The number of benzene rings is 1. The van der Waals surface area contributed by atoms with E-state index in [1.165, 1.54) is 18.2 Å². The Morgan fingerprint density at radius 3 is 2.55 bits per heavy atom. The zero-order valence-electron chi connectivity index (χ0n) is 11.8. The van der Waals surface area contributed by atoms with E-state index in [0.717, 1.165) is 38.2 Å². The Bertz CT molecular complexity index is 668. The monoisotopic (exact) mass is 327 g/mol. The summed E-state index contributed by atoms with van der Waals surface area (Å²) in [6.07, 6.45) is 4.48. The fraction of sp³-hybridized carbons (Fsp3) is 0.462. The van der Waals surface area contributed by atoms with Gasteiger partial charge in [-0.1, -0.05) is 25.3 Å². The molecule has 0 spiro atoms. The van der Waals surface area contributed by atoms with Gasteiger partial charge in [-0.25, -0.2) is 8.42 Å².